The average molecular weight is 535 g/mol. The van der Waals surface area contributed by atoms with Crippen molar-refractivity contribution in [2.45, 2.75) is 71.8 Å². The maximum Gasteiger partial charge on any atom is 0.269 e. The third-order valence-corrected chi connectivity index (χ3v) is 8.56. The summed E-state index contributed by atoms with van der Waals surface area (Å²) >= 11 is 0. The molecule has 1 aliphatic heterocycles. The first-order valence-corrected chi connectivity index (χ1v) is 13.5. The molecule has 7 nitrogen and oxygen atoms in total. The number of non-ortho nitro benzene ring substituents is 1. The van der Waals surface area contributed by atoms with Crippen molar-refractivity contribution in [1.82, 2.24) is 4.31 Å². The Morgan fingerprint density at radius 2 is 1.59 bits per heavy atom. The van der Waals surface area contributed by atoms with Gasteiger partial charge in [-0.3, -0.25) is 10.1 Å². The lowest BCUT2D eigenvalue weighted by molar-refractivity contribution is -0.942. The highest BCUT2D eigenvalue weighted by Crippen LogP contribution is 2.23. The fourth-order valence-corrected chi connectivity index (χ4v) is 5.99. The highest BCUT2D eigenvalue weighted by atomic mass is 79.9. The zero-order chi connectivity index (χ0) is 22.7. The van der Waals surface area contributed by atoms with Crippen molar-refractivity contribution in [2.75, 3.05) is 38.5 Å². The number of hydrogen-bond acceptors (Lipinski definition) is 4. The number of benzene rings is 1. The van der Waals surface area contributed by atoms with Gasteiger partial charge in [-0.2, -0.15) is 4.31 Å². The molecular formula is C23H40BrN3O4S. The first-order valence-electron chi connectivity index (χ1n) is 11.9. The van der Waals surface area contributed by atoms with Crippen molar-refractivity contribution in [3.63, 3.8) is 0 Å². The number of hydrogen-bond donors (Lipinski definition) is 0. The summed E-state index contributed by atoms with van der Waals surface area (Å²) in [6, 6.07) is 6.80. The Morgan fingerprint density at radius 1 is 1.00 bits per heavy atom. The van der Waals surface area contributed by atoms with Gasteiger partial charge < -0.3 is 21.5 Å². The van der Waals surface area contributed by atoms with E-state index in [9.17, 15) is 18.5 Å². The van der Waals surface area contributed by atoms with Gasteiger partial charge in [-0.25, -0.2) is 8.42 Å². The predicted octanol–water partition coefficient (Wildman–Crippen LogP) is 1.72. The van der Waals surface area contributed by atoms with Crippen LogP contribution in [0.1, 0.15) is 70.8 Å². The zero-order valence-corrected chi connectivity index (χ0v) is 22.1. The molecule has 0 aromatic heterocycles. The van der Waals surface area contributed by atoms with Crippen LogP contribution < -0.4 is 17.0 Å². The van der Waals surface area contributed by atoms with E-state index in [4.69, 9.17) is 0 Å². The Hall–Kier alpha value is -1.03. The lowest BCUT2D eigenvalue weighted by atomic mass is 10.1. The summed E-state index contributed by atoms with van der Waals surface area (Å²) in [6.45, 7) is 8.46. The Morgan fingerprint density at radius 3 is 2.16 bits per heavy atom. The van der Waals surface area contributed by atoms with Gasteiger partial charge in [0.2, 0.25) is 10.0 Å². The van der Waals surface area contributed by atoms with Crippen LogP contribution in [0.15, 0.2) is 24.3 Å². The lowest BCUT2D eigenvalue weighted by Crippen LogP contribution is -3.00. The molecule has 0 N–H and O–H groups in total. The fraction of sp³-hybridized carbons (Fsp3) is 0.739. The molecule has 0 bridgehead atoms. The Kier molecular flexibility index (Phi) is 12.9. The highest BCUT2D eigenvalue weighted by Gasteiger charge is 2.36. The third kappa shape index (κ3) is 9.08. The molecule has 32 heavy (non-hydrogen) atoms. The van der Waals surface area contributed by atoms with Crippen molar-refractivity contribution in [2.24, 2.45) is 0 Å². The average Bonchev–Trinajstić information content (AvgIpc) is 2.76. The Balaban J connectivity index is 0.00000512. The second kappa shape index (κ2) is 14.3. The first-order chi connectivity index (χ1) is 14.8. The van der Waals surface area contributed by atoms with Crippen LogP contribution in [0.25, 0.3) is 0 Å². The highest BCUT2D eigenvalue weighted by molar-refractivity contribution is 7.89. The van der Waals surface area contributed by atoms with Gasteiger partial charge in [-0.15, -0.1) is 0 Å². The predicted molar refractivity (Wildman–Crippen MR) is 125 cm³/mol. The number of quaternary nitrogens is 1. The van der Waals surface area contributed by atoms with Crippen LogP contribution in [0.5, 0.6) is 0 Å². The minimum atomic E-state index is -3.20. The minimum Gasteiger partial charge on any atom is -1.00 e. The number of piperazine rings is 1. The quantitative estimate of drug-likeness (QED) is 0.158. The number of halogens is 1. The number of likely N-dealkylation sites (N-methyl/N-ethyl adjacent to an activating group) is 1. The maximum absolute atomic E-state index is 12.8. The SMILES string of the molecule is CCCCCCCCCCS(=O)(=O)N1CC[N+](CC)(Cc2cccc([N+](=O)[O-])c2)CC1.[Br-]. The van der Waals surface area contributed by atoms with Crippen LogP contribution in [-0.2, 0) is 16.6 Å². The molecule has 0 amide bonds. The lowest BCUT2D eigenvalue weighted by Gasteiger charge is -2.44. The second-order valence-corrected chi connectivity index (χ2v) is 11.0. The molecule has 0 spiro atoms. The van der Waals surface area contributed by atoms with Crippen molar-refractivity contribution in [3.8, 4) is 0 Å². The molecule has 1 aliphatic rings. The molecule has 1 aromatic rings. The van der Waals surface area contributed by atoms with Gasteiger partial charge in [0.05, 0.1) is 43.4 Å². The number of sulfonamides is 1. The number of nitro groups is 1. The molecule has 0 saturated carbocycles. The second-order valence-electron chi connectivity index (χ2n) is 8.88. The maximum atomic E-state index is 12.8. The number of nitro benzene ring substituents is 1. The van der Waals surface area contributed by atoms with Gasteiger partial charge >= 0.3 is 0 Å². The van der Waals surface area contributed by atoms with E-state index in [0.717, 1.165) is 48.9 Å². The minimum absolute atomic E-state index is 0. The molecular weight excluding hydrogens is 494 g/mol. The summed E-state index contributed by atoms with van der Waals surface area (Å²) in [4.78, 5) is 10.7. The monoisotopic (exact) mass is 533 g/mol. The molecule has 1 fully saturated rings. The topological polar surface area (TPSA) is 80.5 Å². The fourth-order valence-electron chi connectivity index (χ4n) is 4.44. The largest absolute Gasteiger partial charge is 1.00 e. The van der Waals surface area contributed by atoms with Crippen molar-refractivity contribution in [3.05, 3.63) is 39.9 Å². The van der Waals surface area contributed by atoms with E-state index in [1.54, 1.807) is 16.4 Å². The third-order valence-electron chi connectivity index (χ3n) is 6.61. The van der Waals surface area contributed by atoms with Gasteiger partial charge in [0, 0.05) is 17.7 Å². The molecule has 184 valence electrons. The zero-order valence-electron chi connectivity index (χ0n) is 19.7. The van der Waals surface area contributed by atoms with Gasteiger partial charge in [-0.1, -0.05) is 64.0 Å². The molecule has 1 aromatic carbocycles. The number of rotatable bonds is 14. The van der Waals surface area contributed by atoms with E-state index < -0.39 is 10.0 Å². The first kappa shape index (κ1) is 29.0. The molecule has 1 saturated heterocycles. The number of unbranched alkanes of at least 4 members (excludes halogenated alkanes) is 7. The van der Waals surface area contributed by atoms with E-state index >= 15 is 0 Å². The van der Waals surface area contributed by atoms with Crippen molar-refractivity contribution < 1.29 is 34.8 Å². The number of nitrogens with zero attached hydrogens (tertiary/aromatic N) is 3. The van der Waals surface area contributed by atoms with E-state index in [1.165, 1.54) is 38.2 Å². The van der Waals surface area contributed by atoms with Gasteiger partial charge in [0.25, 0.3) is 5.69 Å². The van der Waals surface area contributed by atoms with Gasteiger partial charge in [0.15, 0.2) is 0 Å². The van der Waals surface area contributed by atoms with E-state index in [0.29, 0.717) is 19.6 Å². The van der Waals surface area contributed by atoms with Gasteiger partial charge in [-0.05, 0) is 13.3 Å². The molecule has 2 rings (SSSR count). The summed E-state index contributed by atoms with van der Waals surface area (Å²) < 4.78 is 28.0. The molecule has 0 radical (unpaired) electrons. The summed E-state index contributed by atoms with van der Waals surface area (Å²) in [7, 11) is -3.20. The van der Waals surface area contributed by atoms with Crippen LogP contribution in [0.3, 0.4) is 0 Å². The van der Waals surface area contributed by atoms with Crippen LogP contribution in [0, 0.1) is 10.1 Å². The van der Waals surface area contributed by atoms with E-state index in [1.807, 2.05) is 6.07 Å². The summed E-state index contributed by atoms with van der Waals surface area (Å²) in [6.07, 6.45) is 9.15. The summed E-state index contributed by atoms with van der Waals surface area (Å²) in [5.74, 6) is 0.249. The van der Waals surface area contributed by atoms with Crippen LogP contribution in [0.4, 0.5) is 5.69 Å². The molecule has 1 heterocycles. The van der Waals surface area contributed by atoms with Crippen LogP contribution in [0.2, 0.25) is 0 Å². The van der Waals surface area contributed by atoms with Gasteiger partial charge in [0.1, 0.15) is 6.54 Å². The van der Waals surface area contributed by atoms with E-state index in [-0.39, 0.29) is 33.3 Å². The van der Waals surface area contributed by atoms with Crippen LogP contribution in [-0.4, -0.2) is 60.6 Å². The molecule has 9 heteroatoms. The van der Waals surface area contributed by atoms with E-state index in [2.05, 4.69) is 13.8 Å². The normalized spacial score (nSPS) is 16.4. The van der Waals surface area contributed by atoms with Crippen molar-refractivity contribution in [1.29, 1.82) is 0 Å². The molecule has 0 unspecified atom stereocenters. The molecule has 0 aliphatic carbocycles. The Labute approximate surface area is 204 Å². The van der Waals surface area contributed by atoms with Crippen molar-refractivity contribution >= 4 is 15.7 Å². The molecule has 0 atom stereocenters. The Bertz CT molecular complexity index is 796. The standard InChI is InChI=1S/C23H40N3O4S.BrH/c1-3-5-6-7-8-9-10-11-19-31(29,30)24-15-17-26(4-2,18-16-24)21-22-13-12-14-23(20-22)25(27)28;/h12-14,20H,3-11,15-19,21H2,1-2H3;1H/q+1;/p-1. The van der Waals surface area contributed by atoms with Crippen LogP contribution >= 0.6 is 0 Å². The summed E-state index contributed by atoms with van der Waals surface area (Å²) in [5.41, 5.74) is 1.05. The smallest absolute Gasteiger partial charge is 0.269 e. The summed E-state index contributed by atoms with van der Waals surface area (Å²) in [5, 5.41) is 11.1.